The maximum Gasteiger partial charge on any atom is 0.0543 e. The monoisotopic (exact) mass is 398 g/mol. The van der Waals surface area contributed by atoms with Gasteiger partial charge in [0.15, 0.2) is 0 Å². The van der Waals surface area contributed by atoms with Crippen molar-refractivity contribution < 1.29 is 5.11 Å². The van der Waals surface area contributed by atoms with E-state index in [1.807, 2.05) is 11.1 Å². The molecule has 1 nitrogen and oxygen atoms in total. The van der Waals surface area contributed by atoms with Crippen molar-refractivity contribution >= 4 is 0 Å². The van der Waals surface area contributed by atoms with E-state index in [9.17, 15) is 5.11 Å². The SMILES string of the molecule is CC(/C=C/[C@H](C)C(C)C)[C@H]1CC[C@H]2C3=C(CC[C@]12C)[C@@]1(C)CC[C@H](O)CC1CC3. The van der Waals surface area contributed by atoms with Gasteiger partial charge in [-0.2, -0.15) is 0 Å². The second-order valence-corrected chi connectivity index (χ2v) is 12.2. The van der Waals surface area contributed by atoms with Gasteiger partial charge in [0, 0.05) is 0 Å². The van der Waals surface area contributed by atoms with Crippen molar-refractivity contribution in [1.82, 2.24) is 0 Å². The lowest BCUT2D eigenvalue weighted by Crippen LogP contribution is -2.45. The number of rotatable bonds is 4. The van der Waals surface area contributed by atoms with Crippen LogP contribution in [0.4, 0.5) is 0 Å². The van der Waals surface area contributed by atoms with Crippen LogP contribution in [0.5, 0.6) is 0 Å². The summed E-state index contributed by atoms with van der Waals surface area (Å²) in [5.41, 5.74) is 4.65. The minimum absolute atomic E-state index is 0.0409. The lowest BCUT2D eigenvalue weighted by Gasteiger charge is -2.55. The summed E-state index contributed by atoms with van der Waals surface area (Å²) < 4.78 is 0. The standard InChI is InChI=1S/C28H46O/c1-18(2)19(3)7-8-20(4)24-11-12-25-23-10-9-21-17-22(29)13-15-27(21,5)26(23)14-16-28(24,25)6/h7-8,18-22,24-25,29H,9-17H2,1-6H3/b8-7+/t19-,20?,21?,22-,24+,25-,27-,28+/m0/s1. The maximum atomic E-state index is 10.2. The fourth-order valence-corrected chi connectivity index (χ4v) is 8.05. The molecule has 1 N–H and O–H groups in total. The van der Waals surface area contributed by atoms with Crippen LogP contribution in [0.25, 0.3) is 0 Å². The van der Waals surface area contributed by atoms with Crippen LogP contribution in [0.3, 0.4) is 0 Å². The highest BCUT2D eigenvalue weighted by atomic mass is 16.3. The Morgan fingerprint density at radius 3 is 2.41 bits per heavy atom. The number of fused-ring (bicyclic) bond motifs is 4. The van der Waals surface area contributed by atoms with Crippen LogP contribution in [0.1, 0.15) is 99.3 Å². The summed E-state index contributed by atoms with van der Waals surface area (Å²) in [5, 5.41) is 10.2. The summed E-state index contributed by atoms with van der Waals surface area (Å²) in [7, 11) is 0. The zero-order chi connectivity index (χ0) is 21.0. The average molecular weight is 399 g/mol. The highest BCUT2D eigenvalue weighted by molar-refractivity contribution is 5.34. The first-order valence-corrected chi connectivity index (χ1v) is 12.8. The van der Waals surface area contributed by atoms with Gasteiger partial charge in [-0.3, -0.25) is 0 Å². The van der Waals surface area contributed by atoms with E-state index in [0.29, 0.717) is 22.7 Å². The summed E-state index contributed by atoms with van der Waals surface area (Å²) in [6.07, 6.45) is 16.5. The molecule has 0 aromatic carbocycles. The van der Waals surface area contributed by atoms with E-state index in [0.717, 1.165) is 36.5 Å². The molecule has 0 aromatic heterocycles. The molecular formula is C28H46O. The molecule has 0 aliphatic heterocycles. The van der Waals surface area contributed by atoms with Gasteiger partial charge < -0.3 is 5.11 Å². The van der Waals surface area contributed by atoms with Crippen LogP contribution < -0.4 is 0 Å². The van der Waals surface area contributed by atoms with Gasteiger partial charge in [0.25, 0.3) is 0 Å². The molecule has 2 saturated carbocycles. The van der Waals surface area contributed by atoms with Gasteiger partial charge in [0.2, 0.25) is 0 Å². The molecule has 0 heterocycles. The normalized spacial score (nSPS) is 44.6. The molecule has 8 atom stereocenters. The minimum atomic E-state index is -0.0409. The molecule has 4 aliphatic rings. The van der Waals surface area contributed by atoms with Crippen LogP contribution in [0.15, 0.2) is 23.3 Å². The third-order valence-electron chi connectivity index (χ3n) is 10.4. The quantitative estimate of drug-likeness (QED) is 0.484. The number of hydrogen-bond acceptors (Lipinski definition) is 1. The van der Waals surface area contributed by atoms with E-state index in [1.54, 1.807) is 0 Å². The Kier molecular flexibility index (Phi) is 5.86. The summed E-state index contributed by atoms with van der Waals surface area (Å²) in [6.45, 7) is 14.7. The lowest BCUT2D eigenvalue weighted by atomic mass is 9.50. The minimum Gasteiger partial charge on any atom is -0.393 e. The Labute approximate surface area is 180 Å². The maximum absolute atomic E-state index is 10.2. The van der Waals surface area contributed by atoms with Gasteiger partial charge in [-0.25, -0.2) is 0 Å². The molecule has 0 spiro atoms. The third-order valence-corrected chi connectivity index (χ3v) is 10.4. The third kappa shape index (κ3) is 3.58. The zero-order valence-electron chi connectivity index (χ0n) is 20.0. The van der Waals surface area contributed by atoms with Crippen molar-refractivity contribution in [3.05, 3.63) is 23.3 Å². The predicted octanol–water partition coefficient (Wildman–Crippen LogP) is 7.55. The Bertz CT molecular complexity index is 672. The molecule has 0 bridgehead atoms. The first kappa shape index (κ1) is 21.7. The molecule has 4 rings (SSSR count). The second kappa shape index (κ2) is 7.85. The molecule has 0 amide bonds. The van der Waals surface area contributed by atoms with E-state index in [2.05, 4.69) is 53.7 Å². The molecule has 0 saturated heterocycles. The molecule has 0 aromatic rings. The molecule has 2 fully saturated rings. The Hall–Kier alpha value is -0.560. The zero-order valence-corrected chi connectivity index (χ0v) is 20.0. The molecule has 2 unspecified atom stereocenters. The predicted molar refractivity (Wildman–Crippen MR) is 124 cm³/mol. The molecule has 0 radical (unpaired) electrons. The van der Waals surface area contributed by atoms with Crippen molar-refractivity contribution in [2.45, 2.75) is 105 Å². The Morgan fingerprint density at radius 2 is 1.69 bits per heavy atom. The van der Waals surface area contributed by atoms with E-state index in [-0.39, 0.29) is 6.10 Å². The fraction of sp³-hybridized carbons (Fsp3) is 0.857. The van der Waals surface area contributed by atoms with Crippen molar-refractivity contribution in [2.24, 2.45) is 46.3 Å². The van der Waals surface area contributed by atoms with Gasteiger partial charge in [-0.05, 0) is 104 Å². The molecule has 1 heteroatoms. The topological polar surface area (TPSA) is 20.2 Å². The molecule has 4 aliphatic carbocycles. The number of hydrogen-bond donors (Lipinski definition) is 1. The summed E-state index contributed by atoms with van der Waals surface area (Å²) in [6, 6.07) is 0. The van der Waals surface area contributed by atoms with E-state index in [4.69, 9.17) is 0 Å². The van der Waals surface area contributed by atoms with Gasteiger partial charge in [0.05, 0.1) is 6.10 Å². The smallest absolute Gasteiger partial charge is 0.0543 e. The van der Waals surface area contributed by atoms with Crippen LogP contribution in [0.2, 0.25) is 0 Å². The first-order valence-electron chi connectivity index (χ1n) is 12.8. The second-order valence-electron chi connectivity index (χ2n) is 12.2. The van der Waals surface area contributed by atoms with Gasteiger partial charge >= 0.3 is 0 Å². The van der Waals surface area contributed by atoms with E-state index in [1.165, 1.54) is 44.9 Å². The average Bonchev–Trinajstić information content (AvgIpc) is 3.03. The summed E-state index contributed by atoms with van der Waals surface area (Å²) in [4.78, 5) is 0. The van der Waals surface area contributed by atoms with Gasteiger partial charge in [-0.15, -0.1) is 0 Å². The van der Waals surface area contributed by atoms with Gasteiger partial charge in [0.1, 0.15) is 0 Å². The van der Waals surface area contributed by atoms with Crippen molar-refractivity contribution in [3.8, 4) is 0 Å². The van der Waals surface area contributed by atoms with Crippen LogP contribution in [-0.4, -0.2) is 11.2 Å². The van der Waals surface area contributed by atoms with Crippen molar-refractivity contribution in [1.29, 1.82) is 0 Å². The Balaban J connectivity index is 1.56. The fourth-order valence-electron chi connectivity index (χ4n) is 8.05. The van der Waals surface area contributed by atoms with Gasteiger partial charge in [-0.1, -0.05) is 64.8 Å². The summed E-state index contributed by atoms with van der Waals surface area (Å²) >= 11 is 0. The lowest BCUT2D eigenvalue weighted by molar-refractivity contribution is 0.0145. The molecular weight excluding hydrogens is 352 g/mol. The van der Waals surface area contributed by atoms with Crippen molar-refractivity contribution in [2.75, 3.05) is 0 Å². The van der Waals surface area contributed by atoms with E-state index >= 15 is 0 Å². The number of aliphatic hydroxyl groups is 1. The first-order chi connectivity index (χ1) is 13.7. The molecule has 29 heavy (non-hydrogen) atoms. The number of aliphatic hydroxyl groups excluding tert-OH is 1. The van der Waals surface area contributed by atoms with Crippen LogP contribution in [-0.2, 0) is 0 Å². The van der Waals surface area contributed by atoms with Crippen LogP contribution in [0, 0.1) is 46.3 Å². The highest BCUT2D eigenvalue weighted by Crippen LogP contribution is 2.65. The Morgan fingerprint density at radius 1 is 0.931 bits per heavy atom. The van der Waals surface area contributed by atoms with E-state index < -0.39 is 0 Å². The van der Waals surface area contributed by atoms with Crippen LogP contribution >= 0.6 is 0 Å². The highest BCUT2D eigenvalue weighted by Gasteiger charge is 2.55. The van der Waals surface area contributed by atoms with Crippen molar-refractivity contribution in [3.63, 3.8) is 0 Å². The number of allylic oxidation sites excluding steroid dienone is 4. The largest absolute Gasteiger partial charge is 0.393 e. The molecule has 164 valence electrons. The summed E-state index contributed by atoms with van der Waals surface area (Å²) in [5.74, 6) is 4.52.